The van der Waals surface area contributed by atoms with E-state index in [4.69, 9.17) is 14.2 Å². The van der Waals surface area contributed by atoms with Crippen LogP contribution in [0.3, 0.4) is 0 Å². The van der Waals surface area contributed by atoms with Crippen LogP contribution in [0.4, 0.5) is 5.69 Å². The quantitative estimate of drug-likeness (QED) is 0.222. The SMILES string of the molecule is O=C(Cn1ccc2c(Oc3ccc([N+](=O)[O-])cn3)cccc21)N1CCN(C(Cc2ccccc2)C2=COCO2)CC1. The normalized spacial score (nSPS) is 16.1. The molecule has 1 saturated heterocycles. The van der Waals surface area contributed by atoms with Crippen molar-refractivity contribution in [3.8, 4) is 11.6 Å². The van der Waals surface area contributed by atoms with Crippen molar-refractivity contribution in [1.29, 1.82) is 0 Å². The van der Waals surface area contributed by atoms with Gasteiger partial charge >= 0.3 is 0 Å². The zero-order chi connectivity index (χ0) is 28.2. The van der Waals surface area contributed by atoms with E-state index in [2.05, 4.69) is 22.0 Å². The number of hydrogen-bond donors (Lipinski definition) is 0. The summed E-state index contributed by atoms with van der Waals surface area (Å²) in [6.45, 7) is 3.15. The van der Waals surface area contributed by atoms with Crippen molar-refractivity contribution < 1.29 is 23.9 Å². The number of hydrogen-bond acceptors (Lipinski definition) is 8. The van der Waals surface area contributed by atoms with E-state index in [1.807, 2.05) is 52.1 Å². The van der Waals surface area contributed by atoms with Gasteiger partial charge in [-0.15, -0.1) is 0 Å². The number of amides is 1. The molecule has 0 saturated carbocycles. The highest BCUT2D eigenvalue weighted by atomic mass is 16.7. The van der Waals surface area contributed by atoms with Gasteiger partial charge < -0.3 is 23.7 Å². The summed E-state index contributed by atoms with van der Waals surface area (Å²) in [5.74, 6) is 1.68. The fourth-order valence-electron chi connectivity index (χ4n) is 5.28. The van der Waals surface area contributed by atoms with Crippen LogP contribution in [0.2, 0.25) is 0 Å². The molecule has 0 bridgehead atoms. The highest BCUT2D eigenvalue weighted by molar-refractivity contribution is 5.88. The number of nitrogens with zero attached hydrogens (tertiary/aromatic N) is 5. The van der Waals surface area contributed by atoms with Crippen molar-refractivity contribution in [2.24, 2.45) is 0 Å². The summed E-state index contributed by atoms with van der Waals surface area (Å²) in [6, 6.07) is 20.7. The van der Waals surface area contributed by atoms with Crippen molar-refractivity contribution in [3.05, 3.63) is 107 Å². The molecule has 2 aliphatic heterocycles. The number of aromatic nitrogens is 2. The van der Waals surface area contributed by atoms with Gasteiger partial charge in [0.1, 0.15) is 24.8 Å². The van der Waals surface area contributed by atoms with Crippen LogP contribution in [0.5, 0.6) is 11.6 Å². The van der Waals surface area contributed by atoms with Crippen LogP contribution in [-0.2, 0) is 27.2 Å². The van der Waals surface area contributed by atoms with Gasteiger partial charge in [-0.05, 0) is 30.2 Å². The third kappa shape index (κ3) is 5.85. The van der Waals surface area contributed by atoms with E-state index in [1.165, 1.54) is 17.7 Å². The van der Waals surface area contributed by atoms with Gasteiger partial charge in [-0.2, -0.15) is 0 Å². The molecule has 11 heteroatoms. The molecule has 4 aromatic rings. The fourth-order valence-corrected chi connectivity index (χ4v) is 5.28. The van der Waals surface area contributed by atoms with Gasteiger partial charge in [0.05, 0.1) is 16.5 Å². The third-order valence-electron chi connectivity index (χ3n) is 7.43. The maximum Gasteiger partial charge on any atom is 0.287 e. The zero-order valence-electron chi connectivity index (χ0n) is 22.3. The Morgan fingerprint density at radius 3 is 2.56 bits per heavy atom. The molecule has 6 rings (SSSR count). The lowest BCUT2D eigenvalue weighted by Gasteiger charge is -2.39. The summed E-state index contributed by atoms with van der Waals surface area (Å²) in [4.78, 5) is 32.0. The Hall–Kier alpha value is -4.90. The molecule has 2 aromatic heterocycles. The van der Waals surface area contributed by atoms with Gasteiger partial charge in [-0.3, -0.25) is 19.8 Å². The van der Waals surface area contributed by atoms with E-state index in [0.29, 0.717) is 18.8 Å². The molecule has 11 nitrogen and oxygen atoms in total. The van der Waals surface area contributed by atoms with Gasteiger partial charge in [0.15, 0.2) is 5.76 Å². The molecular weight excluding hydrogens is 526 g/mol. The first-order valence-corrected chi connectivity index (χ1v) is 13.4. The first kappa shape index (κ1) is 26.3. The summed E-state index contributed by atoms with van der Waals surface area (Å²) in [7, 11) is 0. The van der Waals surface area contributed by atoms with Crippen LogP contribution >= 0.6 is 0 Å². The summed E-state index contributed by atoms with van der Waals surface area (Å²) < 4.78 is 18.9. The minimum absolute atomic E-state index is 0.0461. The number of piperazine rings is 1. The smallest absolute Gasteiger partial charge is 0.287 e. The van der Waals surface area contributed by atoms with E-state index in [0.717, 1.165) is 42.4 Å². The first-order valence-electron chi connectivity index (χ1n) is 13.4. The molecule has 41 heavy (non-hydrogen) atoms. The van der Waals surface area contributed by atoms with E-state index in [9.17, 15) is 14.9 Å². The number of pyridine rings is 1. The van der Waals surface area contributed by atoms with E-state index in [1.54, 1.807) is 12.3 Å². The number of nitro groups is 1. The second kappa shape index (κ2) is 11.7. The van der Waals surface area contributed by atoms with Crippen LogP contribution < -0.4 is 4.74 Å². The van der Waals surface area contributed by atoms with Gasteiger partial charge in [0.25, 0.3) is 5.69 Å². The highest BCUT2D eigenvalue weighted by Crippen LogP contribution is 2.31. The molecule has 2 aliphatic rings. The summed E-state index contributed by atoms with van der Waals surface area (Å²) in [5, 5.41) is 11.7. The van der Waals surface area contributed by atoms with Gasteiger partial charge in [-0.25, -0.2) is 4.98 Å². The van der Waals surface area contributed by atoms with Crippen LogP contribution in [0.1, 0.15) is 5.56 Å². The molecule has 0 N–H and O–H groups in total. The maximum absolute atomic E-state index is 13.3. The topological polar surface area (TPSA) is 112 Å². The largest absolute Gasteiger partial charge is 0.462 e. The number of carbonyl (C=O) groups is 1. The molecule has 4 heterocycles. The lowest BCUT2D eigenvalue weighted by Crippen LogP contribution is -2.53. The summed E-state index contributed by atoms with van der Waals surface area (Å²) in [5.41, 5.74) is 1.97. The fraction of sp³-hybridized carbons (Fsp3) is 0.267. The average molecular weight is 556 g/mol. The number of fused-ring (bicyclic) bond motifs is 1. The molecule has 0 spiro atoms. The Morgan fingerprint density at radius 1 is 1.02 bits per heavy atom. The number of ether oxygens (including phenoxy) is 3. The number of carbonyl (C=O) groups excluding carboxylic acids is 1. The van der Waals surface area contributed by atoms with Crippen LogP contribution in [0.15, 0.2) is 91.1 Å². The first-order chi connectivity index (χ1) is 20.0. The summed E-state index contributed by atoms with van der Waals surface area (Å²) >= 11 is 0. The molecule has 2 aromatic carbocycles. The molecule has 210 valence electrons. The minimum atomic E-state index is -0.506. The Labute approximate surface area is 236 Å². The molecule has 1 atom stereocenters. The third-order valence-corrected chi connectivity index (χ3v) is 7.43. The Morgan fingerprint density at radius 2 is 1.85 bits per heavy atom. The van der Waals surface area contributed by atoms with Crippen LogP contribution in [0, 0.1) is 10.1 Å². The zero-order valence-corrected chi connectivity index (χ0v) is 22.3. The number of benzene rings is 2. The van der Waals surface area contributed by atoms with Crippen molar-refractivity contribution in [2.75, 3.05) is 33.0 Å². The Bertz CT molecular complexity index is 1560. The van der Waals surface area contributed by atoms with E-state index in [-0.39, 0.29) is 36.9 Å². The standard InChI is InChI=1S/C30H29N5O6/c36-30(33-15-13-32(14-16-33)26(28-20-39-21-40-28)17-22-5-2-1-3-6-22)19-34-12-11-24-25(34)7-4-8-27(24)41-29-10-9-23(18-31-29)35(37)38/h1-12,18,20,26H,13-17,19,21H2. The van der Waals surface area contributed by atoms with Crippen LogP contribution in [0.25, 0.3) is 10.9 Å². The van der Waals surface area contributed by atoms with Gasteiger partial charge in [0.2, 0.25) is 18.6 Å². The lowest BCUT2D eigenvalue weighted by atomic mass is 10.0. The second-order valence-electron chi connectivity index (χ2n) is 9.92. The minimum Gasteiger partial charge on any atom is -0.462 e. The van der Waals surface area contributed by atoms with Crippen molar-refractivity contribution in [3.63, 3.8) is 0 Å². The predicted octanol–water partition coefficient (Wildman–Crippen LogP) is 4.34. The number of rotatable bonds is 9. The van der Waals surface area contributed by atoms with E-state index < -0.39 is 4.92 Å². The summed E-state index contributed by atoms with van der Waals surface area (Å²) in [6.07, 6.45) is 5.54. The molecule has 1 unspecified atom stereocenters. The van der Waals surface area contributed by atoms with E-state index >= 15 is 0 Å². The van der Waals surface area contributed by atoms with Crippen molar-refractivity contribution in [2.45, 2.75) is 19.0 Å². The predicted molar refractivity (Wildman–Crippen MR) is 150 cm³/mol. The monoisotopic (exact) mass is 555 g/mol. The molecule has 0 radical (unpaired) electrons. The van der Waals surface area contributed by atoms with Gasteiger partial charge in [0, 0.05) is 49.9 Å². The molecule has 1 amide bonds. The van der Waals surface area contributed by atoms with Crippen LogP contribution in [-0.4, -0.2) is 69.2 Å². The molecule has 1 fully saturated rings. The second-order valence-corrected chi connectivity index (χ2v) is 9.92. The molecule has 0 aliphatic carbocycles. The van der Waals surface area contributed by atoms with Crippen molar-refractivity contribution >= 4 is 22.5 Å². The van der Waals surface area contributed by atoms with Crippen molar-refractivity contribution in [1.82, 2.24) is 19.4 Å². The highest BCUT2D eigenvalue weighted by Gasteiger charge is 2.31. The maximum atomic E-state index is 13.3. The van der Waals surface area contributed by atoms with Gasteiger partial charge in [-0.1, -0.05) is 36.4 Å². The Balaban J connectivity index is 1.10. The Kier molecular flexibility index (Phi) is 7.50. The average Bonchev–Trinajstić information content (AvgIpc) is 3.68. The molecular formula is C30H29N5O6. The lowest BCUT2D eigenvalue weighted by molar-refractivity contribution is -0.385.